The number of carbonyl (C=O) groups is 1. The van der Waals surface area contributed by atoms with E-state index in [1.54, 1.807) is 0 Å². The van der Waals surface area contributed by atoms with E-state index in [4.69, 9.17) is 0 Å². The van der Waals surface area contributed by atoms with Crippen molar-refractivity contribution in [2.75, 3.05) is 25.9 Å². The number of nitrogens with zero attached hydrogens (tertiary/aromatic N) is 3. The SMILES string of the molecule is Cc1cc(C)n(CCNC(=O)C2CN(S(C)(=O)=O)C2)n1. The van der Waals surface area contributed by atoms with Gasteiger partial charge in [0.1, 0.15) is 0 Å². The first-order valence-electron chi connectivity index (χ1n) is 6.51. The normalized spacial score (nSPS) is 16.9. The van der Waals surface area contributed by atoms with Gasteiger partial charge in [0.2, 0.25) is 15.9 Å². The average molecular weight is 300 g/mol. The van der Waals surface area contributed by atoms with E-state index in [9.17, 15) is 13.2 Å². The lowest BCUT2D eigenvalue weighted by Crippen LogP contribution is -2.55. The molecule has 0 radical (unpaired) electrons. The van der Waals surface area contributed by atoms with Crippen molar-refractivity contribution in [1.29, 1.82) is 0 Å². The van der Waals surface area contributed by atoms with Crippen LogP contribution >= 0.6 is 0 Å². The monoisotopic (exact) mass is 300 g/mol. The van der Waals surface area contributed by atoms with E-state index in [1.807, 2.05) is 24.6 Å². The van der Waals surface area contributed by atoms with Crippen LogP contribution in [0.1, 0.15) is 11.4 Å². The second kappa shape index (κ2) is 5.53. The predicted molar refractivity (Wildman–Crippen MR) is 74.6 cm³/mol. The third-order valence-corrected chi connectivity index (χ3v) is 4.65. The van der Waals surface area contributed by atoms with E-state index in [1.165, 1.54) is 4.31 Å². The molecule has 1 aliphatic heterocycles. The molecule has 2 rings (SSSR count). The largest absolute Gasteiger partial charge is 0.354 e. The highest BCUT2D eigenvalue weighted by Gasteiger charge is 2.37. The molecule has 2 heterocycles. The molecule has 0 atom stereocenters. The number of rotatable bonds is 5. The number of amides is 1. The lowest BCUT2D eigenvalue weighted by molar-refractivity contribution is -0.128. The zero-order chi connectivity index (χ0) is 14.9. The lowest BCUT2D eigenvalue weighted by atomic mass is 10.0. The highest BCUT2D eigenvalue weighted by Crippen LogP contribution is 2.18. The van der Waals surface area contributed by atoms with Gasteiger partial charge in [0, 0.05) is 25.3 Å². The van der Waals surface area contributed by atoms with Gasteiger partial charge in [-0.1, -0.05) is 0 Å². The smallest absolute Gasteiger partial charge is 0.225 e. The summed E-state index contributed by atoms with van der Waals surface area (Å²) in [5.41, 5.74) is 2.01. The van der Waals surface area contributed by atoms with Crippen LogP contribution in [0.25, 0.3) is 0 Å². The molecule has 0 aliphatic carbocycles. The van der Waals surface area contributed by atoms with Gasteiger partial charge in [-0.2, -0.15) is 5.10 Å². The average Bonchev–Trinajstić information content (AvgIpc) is 2.53. The molecule has 1 saturated heterocycles. The maximum absolute atomic E-state index is 11.8. The molecule has 1 N–H and O–H groups in total. The molecule has 0 saturated carbocycles. The molecule has 1 aromatic rings. The summed E-state index contributed by atoms with van der Waals surface area (Å²) in [5.74, 6) is -0.323. The van der Waals surface area contributed by atoms with Gasteiger partial charge in [-0.25, -0.2) is 12.7 Å². The fourth-order valence-corrected chi connectivity index (χ4v) is 3.11. The van der Waals surface area contributed by atoms with E-state index in [-0.39, 0.29) is 24.9 Å². The second-order valence-corrected chi connectivity index (χ2v) is 7.20. The summed E-state index contributed by atoms with van der Waals surface area (Å²) in [6.07, 6.45) is 1.16. The third kappa shape index (κ3) is 3.37. The molecule has 112 valence electrons. The Bertz CT molecular complexity index is 602. The minimum Gasteiger partial charge on any atom is -0.354 e. The van der Waals surface area contributed by atoms with Gasteiger partial charge in [-0.3, -0.25) is 9.48 Å². The summed E-state index contributed by atoms with van der Waals surface area (Å²) >= 11 is 0. The first kappa shape index (κ1) is 15.0. The summed E-state index contributed by atoms with van der Waals surface area (Å²) in [6.45, 7) is 5.58. The summed E-state index contributed by atoms with van der Waals surface area (Å²) in [4.78, 5) is 11.8. The Hall–Kier alpha value is -1.41. The highest BCUT2D eigenvalue weighted by atomic mass is 32.2. The van der Waals surface area contributed by atoms with Crippen LogP contribution in [0.3, 0.4) is 0 Å². The first-order chi connectivity index (χ1) is 9.27. The summed E-state index contributed by atoms with van der Waals surface area (Å²) in [6, 6.07) is 1.98. The van der Waals surface area contributed by atoms with Crippen LogP contribution in [0.4, 0.5) is 0 Å². The van der Waals surface area contributed by atoms with Crippen molar-refractivity contribution < 1.29 is 13.2 Å². The molecule has 0 spiro atoms. The minimum absolute atomic E-state index is 0.0913. The van der Waals surface area contributed by atoms with Crippen LogP contribution < -0.4 is 5.32 Å². The third-order valence-electron chi connectivity index (χ3n) is 3.41. The van der Waals surface area contributed by atoms with Gasteiger partial charge in [0.05, 0.1) is 24.4 Å². The van der Waals surface area contributed by atoms with Gasteiger partial charge in [-0.05, 0) is 19.9 Å². The number of aromatic nitrogens is 2. The Morgan fingerprint density at radius 3 is 2.60 bits per heavy atom. The molecule has 0 bridgehead atoms. The highest BCUT2D eigenvalue weighted by molar-refractivity contribution is 7.88. The van der Waals surface area contributed by atoms with Gasteiger partial charge in [0.25, 0.3) is 0 Å². The lowest BCUT2D eigenvalue weighted by Gasteiger charge is -2.35. The molecule has 1 aliphatic rings. The Labute approximate surface area is 119 Å². The number of nitrogens with one attached hydrogen (secondary N) is 1. The first-order valence-corrected chi connectivity index (χ1v) is 8.36. The van der Waals surface area contributed by atoms with E-state index in [0.29, 0.717) is 13.1 Å². The molecule has 8 heteroatoms. The number of hydrogen-bond donors (Lipinski definition) is 1. The summed E-state index contributed by atoms with van der Waals surface area (Å²) in [5, 5.41) is 7.13. The topological polar surface area (TPSA) is 84.3 Å². The Morgan fingerprint density at radius 2 is 2.10 bits per heavy atom. The molecule has 7 nitrogen and oxygen atoms in total. The van der Waals surface area contributed by atoms with E-state index in [2.05, 4.69) is 10.4 Å². The number of aryl methyl sites for hydroxylation is 2. The van der Waals surface area contributed by atoms with Gasteiger partial charge >= 0.3 is 0 Å². The van der Waals surface area contributed by atoms with Crippen molar-refractivity contribution in [3.05, 3.63) is 17.5 Å². The molecule has 1 aromatic heterocycles. The number of sulfonamides is 1. The number of hydrogen-bond acceptors (Lipinski definition) is 4. The Morgan fingerprint density at radius 1 is 1.45 bits per heavy atom. The van der Waals surface area contributed by atoms with Gasteiger partial charge in [0.15, 0.2) is 0 Å². The molecule has 1 amide bonds. The van der Waals surface area contributed by atoms with Crippen molar-refractivity contribution in [3.63, 3.8) is 0 Å². The van der Waals surface area contributed by atoms with Gasteiger partial charge < -0.3 is 5.32 Å². The van der Waals surface area contributed by atoms with Crippen LogP contribution in [0, 0.1) is 19.8 Å². The van der Waals surface area contributed by atoms with Crippen molar-refractivity contribution in [2.45, 2.75) is 20.4 Å². The van der Waals surface area contributed by atoms with Crippen molar-refractivity contribution in [1.82, 2.24) is 19.4 Å². The van der Waals surface area contributed by atoms with Crippen LogP contribution in [0.5, 0.6) is 0 Å². The molecule has 0 aromatic carbocycles. The summed E-state index contributed by atoms with van der Waals surface area (Å²) < 4.78 is 25.6. The van der Waals surface area contributed by atoms with Crippen molar-refractivity contribution in [3.8, 4) is 0 Å². The minimum atomic E-state index is -3.16. The van der Waals surface area contributed by atoms with Crippen LogP contribution in [-0.4, -0.2) is 54.3 Å². The standard InChI is InChI=1S/C12H20N4O3S/c1-9-6-10(2)16(14-9)5-4-13-12(17)11-7-15(8-11)20(3,18)19/h6,11H,4-5,7-8H2,1-3H3,(H,13,17). The predicted octanol–water partition coefficient (Wildman–Crippen LogP) is -0.492. The fraction of sp³-hybridized carbons (Fsp3) is 0.667. The van der Waals surface area contributed by atoms with Crippen LogP contribution in [0.2, 0.25) is 0 Å². The maximum atomic E-state index is 11.8. The van der Waals surface area contributed by atoms with Crippen LogP contribution in [-0.2, 0) is 21.4 Å². The zero-order valence-corrected chi connectivity index (χ0v) is 12.8. The second-order valence-electron chi connectivity index (χ2n) is 5.22. The maximum Gasteiger partial charge on any atom is 0.225 e. The van der Waals surface area contributed by atoms with Crippen LogP contribution in [0.15, 0.2) is 6.07 Å². The zero-order valence-electron chi connectivity index (χ0n) is 12.0. The van der Waals surface area contributed by atoms with E-state index in [0.717, 1.165) is 17.6 Å². The van der Waals surface area contributed by atoms with Crippen molar-refractivity contribution in [2.24, 2.45) is 5.92 Å². The molecule has 1 fully saturated rings. The van der Waals surface area contributed by atoms with E-state index < -0.39 is 10.0 Å². The van der Waals surface area contributed by atoms with Crippen molar-refractivity contribution >= 4 is 15.9 Å². The molecular formula is C12H20N4O3S. The fourth-order valence-electron chi connectivity index (χ4n) is 2.21. The Kier molecular flexibility index (Phi) is 4.14. The molecular weight excluding hydrogens is 280 g/mol. The molecule has 20 heavy (non-hydrogen) atoms. The van der Waals surface area contributed by atoms with E-state index >= 15 is 0 Å². The Balaban J connectivity index is 1.73. The van der Waals surface area contributed by atoms with Gasteiger partial charge in [-0.15, -0.1) is 0 Å². The molecule has 0 unspecified atom stereocenters. The summed E-state index contributed by atoms with van der Waals surface area (Å²) in [7, 11) is -3.16. The number of carbonyl (C=O) groups excluding carboxylic acids is 1. The quantitative estimate of drug-likeness (QED) is 0.795.